The Bertz CT molecular complexity index is 474. The molecule has 0 atom stereocenters. The first kappa shape index (κ1) is 13.6. The predicted octanol–water partition coefficient (Wildman–Crippen LogP) is -0.162. The lowest BCUT2D eigenvalue weighted by Crippen LogP contribution is -2.41. The highest BCUT2D eigenvalue weighted by Crippen LogP contribution is 2.07. The number of aliphatic carboxylic acids is 1. The van der Waals surface area contributed by atoms with Crippen molar-refractivity contribution in [3.63, 3.8) is 0 Å². The molecular formula is C11H11FN2O4. The molecule has 0 aromatic heterocycles. The van der Waals surface area contributed by atoms with E-state index in [1.165, 1.54) is 12.1 Å². The molecule has 0 radical (unpaired) electrons. The number of hydrogen-bond acceptors (Lipinski definition) is 3. The maximum atomic E-state index is 12.9. The van der Waals surface area contributed by atoms with E-state index in [1.54, 1.807) is 0 Å². The number of halogens is 1. The summed E-state index contributed by atoms with van der Waals surface area (Å²) in [7, 11) is 0. The van der Waals surface area contributed by atoms with E-state index < -0.39 is 36.7 Å². The van der Waals surface area contributed by atoms with Gasteiger partial charge in [0.2, 0.25) is 5.91 Å². The fourth-order valence-electron chi connectivity index (χ4n) is 1.35. The third-order valence-corrected chi connectivity index (χ3v) is 2.03. The Morgan fingerprint density at radius 1 is 1.28 bits per heavy atom. The van der Waals surface area contributed by atoms with Crippen molar-refractivity contribution in [2.75, 3.05) is 13.1 Å². The van der Waals surface area contributed by atoms with Crippen molar-refractivity contribution in [2.24, 2.45) is 5.73 Å². The van der Waals surface area contributed by atoms with Gasteiger partial charge in [-0.15, -0.1) is 0 Å². The standard InChI is InChI=1S/C11H11FN2O4/c12-8-3-1-2-7(4-8)11(18)14(5-9(13)15)6-10(16)17/h1-4H,5-6H2,(H2,13,15)(H,16,17). The summed E-state index contributed by atoms with van der Waals surface area (Å²) in [4.78, 5) is 33.9. The van der Waals surface area contributed by atoms with Crippen LogP contribution in [0.2, 0.25) is 0 Å². The molecule has 0 spiro atoms. The molecular weight excluding hydrogens is 243 g/mol. The summed E-state index contributed by atoms with van der Waals surface area (Å²) in [5.41, 5.74) is 4.87. The molecule has 0 aliphatic carbocycles. The lowest BCUT2D eigenvalue weighted by Gasteiger charge is -2.18. The van der Waals surface area contributed by atoms with Crippen LogP contribution in [-0.4, -0.2) is 40.9 Å². The van der Waals surface area contributed by atoms with Gasteiger partial charge in [-0.05, 0) is 18.2 Å². The van der Waals surface area contributed by atoms with Crippen molar-refractivity contribution in [3.8, 4) is 0 Å². The van der Waals surface area contributed by atoms with E-state index >= 15 is 0 Å². The van der Waals surface area contributed by atoms with Crippen LogP contribution in [-0.2, 0) is 9.59 Å². The highest BCUT2D eigenvalue weighted by Gasteiger charge is 2.20. The molecule has 0 saturated carbocycles. The summed E-state index contributed by atoms with van der Waals surface area (Å²) in [5, 5.41) is 8.63. The second-order valence-electron chi connectivity index (χ2n) is 3.53. The molecule has 1 rings (SSSR count). The van der Waals surface area contributed by atoms with Crippen molar-refractivity contribution in [1.29, 1.82) is 0 Å². The first-order valence-electron chi connectivity index (χ1n) is 4.95. The zero-order chi connectivity index (χ0) is 13.7. The minimum Gasteiger partial charge on any atom is -0.480 e. The Hall–Kier alpha value is -2.44. The van der Waals surface area contributed by atoms with Gasteiger partial charge in [0.1, 0.15) is 18.9 Å². The van der Waals surface area contributed by atoms with E-state index in [1.807, 2.05) is 0 Å². The van der Waals surface area contributed by atoms with Crippen LogP contribution in [0.5, 0.6) is 0 Å². The molecule has 7 heteroatoms. The quantitative estimate of drug-likeness (QED) is 0.762. The Labute approximate surface area is 102 Å². The molecule has 0 bridgehead atoms. The minimum absolute atomic E-state index is 0.0440. The SMILES string of the molecule is NC(=O)CN(CC(=O)O)C(=O)c1cccc(F)c1. The molecule has 0 aliphatic rings. The van der Waals surface area contributed by atoms with Gasteiger partial charge >= 0.3 is 5.97 Å². The number of amides is 2. The maximum absolute atomic E-state index is 12.9. The monoisotopic (exact) mass is 254 g/mol. The molecule has 2 amide bonds. The molecule has 6 nitrogen and oxygen atoms in total. The molecule has 0 saturated heterocycles. The van der Waals surface area contributed by atoms with Gasteiger partial charge in [-0.3, -0.25) is 14.4 Å². The first-order chi connectivity index (χ1) is 8.40. The first-order valence-corrected chi connectivity index (χ1v) is 4.95. The zero-order valence-electron chi connectivity index (χ0n) is 9.30. The van der Waals surface area contributed by atoms with E-state index in [0.29, 0.717) is 0 Å². The summed E-state index contributed by atoms with van der Waals surface area (Å²) in [6.45, 7) is -1.22. The van der Waals surface area contributed by atoms with Crippen LogP contribution >= 0.6 is 0 Å². The number of carboxylic acid groups (broad SMARTS) is 1. The number of primary amides is 1. The van der Waals surface area contributed by atoms with Crippen LogP contribution in [0, 0.1) is 5.82 Å². The van der Waals surface area contributed by atoms with Gasteiger partial charge in [-0.1, -0.05) is 6.07 Å². The summed E-state index contributed by atoms with van der Waals surface area (Å²) >= 11 is 0. The number of carboxylic acids is 1. The van der Waals surface area contributed by atoms with Crippen molar-refractivity contribution in [3.05, 3.63) is 35.6 Å². The van der Waals surface area contributed by atoms with Crippen LogP contribution < -0.4 is 5.73 Å². The molecule has 1 aromatic carbocycles. The van der Waals surface area contributed by atoms with Gasteiger partial charge in [0.05, 0.1) is 0 Å². The Morgan fingerprint density at radius 3 is 2.44 bits per heavy atom. The van der Waals surface area contributed by atoms with E-state index in [-0.39, 0.29) is 5.56 Å². The Kier molecular flexibility index (Phi) is 4.36. The molecule has 18 heavy (non-hydrogen) atoms. The van der Waals surface area contributed by atoms with Crippen molar-refractivity contribution in [2.45, 2.75) is 0 Å². The number of hydrogen-bond donors (Lipinski definition) is 2. The second kappa shape index (κ2) is 5.76. The predicted molar refractivity (Wildman–Crippen MR) is 59.1 cm³/mol. The largest absolute Gasteiger partial charge is 0.480 e. The number of nitrogens with zero attached hydrogens (tertiary/aromatic N) is 1. The molecule has 0 unspecified atom stereocenters. The van der Waals surface area contributed by atoms with Crippen molar-refractivity contribution >= 4 is 17.8 Å². The summed E-state index contributed by atoms with van der Waals surface area (Å²) in [6.07, 6.45) is 0. The average Bonchev–Trinajstić information content (AvgIpc) is 2.26. The highest BCUT2D eigenvalue weighted by atomic mass is 19.1. The number of carbonyl (C=O) groups excluding carboxylic acids is 2. The summed E-state index contributed by atoms with van der Waals surface area (Å²) in [5.74, 6) is -3.53. The van der Waals surface area contributed by atoms with Crippen LogP contribution in [0.4, 0.5) is 4.39 Å². The number of nitrogens with two attached hydrogens (primary N) is 1. The molecule has 0 aliphatic heterocycles. The van der Waals surface area contributed by atoms with Gasteiger partial charge in [0.25, 0.3) is 5.91 Å². The van der Waals surface area contributed by atoms with Crippen LogP contribution in [0.15, 0.2) is 24.3 Å². The lowest BCUT2D eigenvalue weighted by molar-refractivity contribution is -0.138. The summed E-state index contributed by atoms with van der Waals surface area (Å²) < 4.78 is 12.9. The maximum Gasteiger partial charge on any atom is 0.323 e. The normalized spacial score (nSPS) is 9.83. The van der Waals surface area contributed by atoms with Gasteiger partial charge < -0.3 is 15.7 Å². The van der Waals surface area contributed by atoms with Gasteiger partial charge in [0, 0.05) is 5.56 Å². The minimum atomic E-state index is -1.29. The van der Waals surface area contributed by atoms with E-state index in [0.717, 1.165) is 17.0 Å². The lowest BCUT2D eigenvalue weighted by atomic mass is 10.2. The smallest absolute Gasteiger partial charge is 0.323 e. The van der Waals surface area contributed by atoms with Gasteiger partial charge in [-0.25, -0.2) is 4.39 Å². The molecule has 0 fully saturated rings. The Morgan fingerprint density at radius 2 is 1.94 bits per heavy atom. The number of rotatable bonds is 5. The Balaban J connectivity index is 2.94. The fraction of sp³-hybridized carbons (Fsp3) is 0.182. The van der Waals surface area contributed by atoms with Crippen LogP contribution in [0.3, 0.4) is 0 Å². The van der Waals surface area contributed by atoms with E-state index in [4.69, 9.17) is 10.8 Å². The second-order valence-corrected chi connectivity index (χ2v) is 3.53. The van der Waals surface area contributed by atoms with Crippen LogP contribution in [0.1, 0.15) is 10.4 Å². The molecule has 0 heterocycles. The topological polar surface area (TPSA) is 101 Å². The van der Waals surface area contributed by atoms with Crippen molar-refractivity contribution < 1.29 is 23.9 Å². The van der Waals surface area contributed by atoms with Gasteiger partial charge in [-0.2, -0.15) is 0 Å². The number of benzene rings is 1. The molecule has 1 aromatic rings. The van der Waals surface area contributed by atoms with E-state index in [2.05, 4.69) is 0 Å². The zero-order valence-corrected chi connectivity index (χ0v) is 9.30. The summed E-state index contributed by atoms with van der Waals surface area (Å²) in [6, 6.07) is 4.73. The number of carbonyl (C=O) groups is 3. The van der Waals surface area contributed by atoms with E-state index in [9.17, 15) is 18.8 Å². The van der Waals surface area contributed by atoms with Crippen LogP contribution in [0.25, 0.3) is 0 Å². The van der Waals surface area contributed by atoms with Gasteiger partial charge in [0.15, 0.2) is 0 Å². The fourth-order valence-corrected chi connectivity index (χ4v) is 1.35. The highest BCUT2D eigenvalue weighted by molar-refractivity contribution is 5.97. The van der Waals surface area contributed by atoms with Crippen molar-refractivity contribution in [1.82, 2.24) is 4.90 Å². The molecule has 3 N–H and O–H groups in total. The average molecular weight is 254 g/mol. The third kappa shape index (κ3) is 3.85. The third-order valence-electron chi connectivity index (χ3n) is 2.03. The molecule has 96 valence electrons.